The summed E-state index contributed by atoms with van der Waals surface area (Å²) in [5.74, 6) is -0.171. The summed E-state index contributed by atoms with van der Waals surface area (Å²) in [6, 6.07) is 6.97. The number of carbonyl (C=O) groups excluding carboxylic acids is 2. The van der Waals surface area contributed by atoms with Crippen LogP contribution in [-0.4, -0.2) is 34.0 Å². The molecule has 1 N–H and O–H groups in total. The minimum Gasteiger partial charge on any atom is -0.390 e. The van der Waals surface area contributed by atoms with Crippen molar-refractivity contribution in [3.05, 3.63) is 47.0 Å². The molecule has 0 saturated heterocycles. The topological polar surface area (TPSA) is 57.6 Å². The normalized spacial score (nSPS) is 21.9. The monoisotopic (exact) mass is 299 g/mol. The Hall–Kier alpha value is -1.94. The van der Waals surface area contributed by atoms with Gasteiger partial charge in [-0.2, -0.15) is 0 Å². The SMILES string of the molecule is CC(C)(O)[C@H]1CC=C(CN2C(=O)c3ccccc3C2=O)CC1. The van der Waals surface area contributed by atoms with Crippen molar-refractivity contribution in [2.45, 2.75) is 38.7 Å². The van der Waals surface area contributed by atoms with Crippen LogP contribution in [0.3, 0.4) is 0 Å². The molecule has 4 heteroatoms. The molecule has 1 aliphatic carbocycles. The molecule has 4 nitrogen and oxygen atoms in total. The van der Waals surface area contributed by atoms with Crippen molar-refractivity contribution >= 4 is 11.8 Å². The van der Waals surface area contributed by atoms with Crippen LogP contribution in [0, 0.1) is 5.92 Å². The molecule has 2 aliphatic rings. The Bertz CT molecular complexity index is 620. The second-order valence-electron chi connectivity index (χ2n) is 6.73. The highest BCUT2D eigenvalue weighted by atomic mass is 16.3. The molecular weight excluding hydrogens is 278 g/mol. The zero-order valence-electron chi connectivity index (χ0n) is 13.0. The minimum absolute atomic E-state index is 0.203. The average molecular weight is 299 g/mol. The number of aliphatic hydroxyl groups is 1. The van der Waals surface area contributed by atoms with Crippen molar-refractivity contribution in [2.24, 2.45) is 5.92 Å². The standard InChI is InChI=1S/C18H21NO3/c1-18(2,22)13-9-7-12(8-10-13)11-19-16(20)14-5-3-4-6-15(14)17(19)21/h3-7,13,22H,8-11H2,1-2H3/t13-/m0/s1. The zero-order chi connectivity index (χ0) is 15.9. The maximum Gasteiger partial charge on any atom is 0.261 e. The van der Waals surface area contributed by atoms with Gasteiger partial charge in [-0.1, -0.05) is 23.8 Å². The summed E-state index contributed by atoms with van der Waals surface area (Å²) in [6.07, 6.45) is 4.58. The summed E-state index contributed by atoms with van der Waals surface area (Å²) in [4.78, 5) is 26.0. The molecule has 1 aromatic rings. The Morgan fingerprint density at radius 3 is 2.23 bits per heavy atom. The molecule has 22 heavy (non-hydrogen) atoms. The molecule has 0 fully saturated rings. The number of carbonyl (C=O) groups is 2. The number of amides is 2. The summed E-state index contributed by atoms with van der Waals surface area (Å²) >= 11 is 0. The van der Waals surface area contributed by atoms with Gasteiger partial charge in [0.25, 0.3) is 11.8 Å². The molecule has 1 aromatic carbocycles. The lowest BCUT2D eigenvalue weighted by Gasteiger charge is -2.32. The molecule has 116 valence electrons. The van der Waals surface area contributed by atoms with Gasteiger partial charge in [0.05, 0.1) is 23.3 Å². The van der Waals surface area contributed by atoms with Crippen molar-refractivity contribution in [3.63, 3.8) is 0 Å². The van der Waals surface area contributed by atoms with E-state index in [1.54, 1.807) is 24.3 Å². The first-order chi connectivity index (χ1) is 10.4. The predicted molar refractivity (Wildman–Crippen MR) is 83.5 cm³/mol. The number of fused-ring (bicyclic) bond motifs is 1. The van der Waals surface area contributed by atoms with Crippen molar-refractivity contribution in [1.82, 2.24) is 4.90 Å². The maximum atomic E-state index is 12.3. The summed E-state index contributed by atoms with van der Waals surface area (Å²) < 4.78 is 0. The highest BCUT2D eigenvalue weighted by Gasteiger charge is 2.36. The van der Waals surface area contributed by atoms with E-state index < -0.39 is 5.60 Å². The van der Waals surface area contributed by atoms with E-state index in [0.717, 1.165) is 24.8 Å². The lowest BCUT2D eigenvalue weighted by molar-refractivity contribution is 0.0122. The van der Waals surface area contributed by atoms with Gasteiger partial charge in [0.2, 0.25) is 0 Å². The Morgan fingerprint density at radius 1 is 1.18 bits per heavy atom. The maximum absolute atomic E-state index is 12.3. The van der Waals surface area contributed by atoms with Gasteiger partial charge in [0, 0.05) is 0 Å². The molecule has 0 bridgehead atoms. The van der Waals surface area contributed by atoms with Crippen molar-refractivity contribution in [3.8, 4) is 0 Å². The molecule has 3 rings (SSSR count). The van der Waals surface area contributed by atoms with Gasteiger partial charge in [-0.05, 0) is 51.2 Å². The van der Waals surface area contributed by atoms with Gasteiger partial charge in [0.1, 0.15) is 0 Å². The highest BCUT2D eigenvalue weighted by molar-refractivity contribution is 6.21. The number of allylic oxidation sites excluding steroid dienone is 1. The molecule has 0 radical (unpaired) electrons. The largest absolute Gasteiger partial charge is 0.390 e. The number of imide groups is 1. The fourth-order valence-electron chi connectivity index (χ4n) is 3.26. The Morgan fingerprint density at radius 2 is 1.77 bits per heavy atom. The summed E-state index contributed by atoms with van der Waals surface area (Å²) in [7, 11) is 0. The van der Waals surface area contributed by atoms with Crippen LogP contribution in [-0.2, 0) is 0 Å². The van der Waals surface area contributed by atoms with E-state index in [1.165, 1.54) is 4.90 Å². The first kappa shape index (κ1) is 15.0. The zero-order valence-corrected chi connectivity index (χ0v) is 13.0. The smallest absolute Gasteiger partial charge is 0.261 e. The first-order valence-corrected chi connectivity index (χ1v) is 7.73. The number of benzene rings is 1. The molecular formula is C18H21NO3. The van der Waals surface area contributed by atoms with E-state index in [-0.39, 0.29) is 17.7 Å². The second kappa shape index (κ2) is 5.36. The van der Waals surface area contributed by atoms with Gasteiger partial charge in [-0.25, -0.2) is 0 Å². The van der Waals surface area contributed by atoms with Gasteiger partial charge >= 0.3 is 0 Å². The number of hydrogen-bond acceptors (Lipinski definition) is 3. The van der Waals surface area contributed by atoms with Crippen LogP contribution >= 0.6 is 0 Å². The average Bonchev–Trinajstić information content (AvgIpc) is 2.73. The molecule has 2 amide bonds. The lowest BCUT2D eigenvalue weighted by atomic mass is 9.79. The van der Waals surface area contributed by atoms with Gasteiger partial charge in [-0.15, -0.1) is 0 Å². The Kier molecular flexibility index (Phi) is 3.65. The Labute approximate surface area is 130 Å². The van der Waals surface area contributed by atoms with Crippen LogP contribution in [0.25, 0.3) is 0 Å². The van der Waals surface area contributed by atoms with Crippen molar-refractivity contribution in [2.75, 3.05) is 6.54 Å². The van der Waals surface area contributed by atoms with Gasteiger partial charge in [0.15, 0.2) is 0 Å². The van der Waals surface area contributed by atoms with Crippen LogP contribution in [0.1, 0.15) is 53.8 Å². The van der Waals surface area contributed by atoms with Crippen LogP contribution in [0.2, 0.25) is 0 Å². The van der Waals surface area contributed by atoms with Crippen LogP contribution in [0.15, 0.2) is 35.9 Å². The fraction of sp³-hybridized carbons (Fsp3) is 0.444. The lowest BCUT2D eigenvalue weighted by Crippen LogP contribution is -2.35. The molecule has 1 atom stereocenters. The molecule has 0 spiro atoms. The van der Waals surface area contributed by atoms with E-state index in [1.807, 2.05) is 13.8 Å². The molecule has 0 saturated carbocycles. The number of hydrogen-bond donors (Lipinski definition) is 1. The molecule has 1 aliphatic heterocycles. The summed E-state index contributed by atoms with van der Waals surface area (Å²) in [6.45, 7) is 4.03. The molecule has 0 unspecified atom stereocenters. The van der Waals surface area contributed by atoms with E-state index in [0.29, 0.717) is 17.7 Å². The Balaban J connectivity index is 1.72. The predicted octanol–water partition coefficient (Wildman–Crippen LogP) is 2.78. The van der Waals surface area contributed by atoms with E-state index in [4.69, 9.17) is 0 Å². The first-order valence-electron chi connectivity index (χ1n) is 7.73. The van der Waals surface area contributed by atoms with Gasteiger partial charge in [-0.3, -0.25) is 14.5 Å². The summed E-state index contributed by atoms with van der Waals surface area (Å²) in [5, 5.41) is 10.1. The third-order valence-corrected chi connectivity index (χ3v) is 4.74. The van der Waals surface area contributed by atoms with Crippen LogP contribution in [0.5, 0.6) is 0 Å². The van der Waals surface area contributed by atoms with E-state index in [9.17, 15) is 14.7 Å². The van der Waals surface area contributed by atoms with Crippen molar-refractivity contribution in [1.29, 1.82) is 0 Å². The second-order valence-corrected chi connectivity index (χ2v) is 6.73. The van der Waals surface area contributed by atoms with Crippen LogP contribution < -0.4 is 0 Å². The number of nitrogens with zero attached hydrogens (tertiary/aromatic N) is 1. The quantitative estimate of drug-likeness (QED) is 0.689. The van der Waals surface area contributed by atoms with Gasteiger partial charge < -0.3 is 5.11 Å². The number of rotatable bonds is 3. The fourth-order valence-corrected chi connectivity index (χ4v) is 3.26. The third-order valence-electron chi connectivity index (χ3n) is 4.74. The third kappa shape index (κ3) is 2.59. The highest BCUT2D eigenvalue weighted by Crippen LogP contribution is 2.33. The molecule has 1 heterocycles. The van der Waals surface area contributed by atoms with Crippen LogP contribution in [0.4, 0.5) is 0 Å². The summed E-state index contributed by atoms with van der Waals surface area (Å²) in [5.41, 5.74) is 1.42. The minimum atomic E-state index is -0.683. The molecule has 0 aromatic heterocycles. The van der Waals surface area contributed by atoms with E-state index >= 15 is 0 Å². The van der Waals surface area contributed by atoms with E-state index in [2.05, 4.69) is 6.08 Å². The van der Waals surface area contributed by atoms with Crippen molar-refractivity contribution < 1.29 is 14.7 Å².